The smallest absolute Gasteiger partial charge is 0.256 e. The van der Waals surface area contributed by atoms with Gasteiger partial charge in [0.15, 0.2) is 0 Å². The van der Waals surface area contributed by atoms with Crippen LogP contribution in [0.5, 0.6) is 0 Å². The van der Waals surface area contributed by atoms with Gasteiger partial charge in [0, 0.05) is 36.6 Å². The summed E-state index contributed by atoms with van der Waals surface area (Å²) < 4.78 is 0. The molecule has 2 aliphatic carbocycles. The zero-order chi connectivity index (χ0) is 26.9. The quantitative estimate of drug-likeness (QED) is 0.245. The molecule has 10 heteroatoms. The average molecular weight is 519 g/mol. The lowest BCUT2D eigenvalue weighted by atomic mass is 9.85. The molecule has 2 aliphatic rings. The van der Waals surface area contributed by atoms with Gasteiger partial charge in [0.2, 0.25) is 11.9 Å². The lowest BCUT2D eigenvalue weighted by molar-refractivity contribution is -0.114. The number of amides is 2. The van der Waals surface area contributed by atoms with E-state index >= 15 is 0 Å². The Morgan fingerprint density at radius 1 is 1.11 bits per heavy atom. The maximum atomic E-state index is 13.3. The van der Waals surface area contributed by atoms with Crippen LogP contribution in [0.1, 0.15) is 62.2 Å². The number of carbonyl (C=O) groups excluding carboxylic acids is 2. The van der Waals surface area contributed by atoms with Crippen molar-refractivity contribution in [3.8, 4) is 0 Å². The fourth-order valence-electron chi connectivity index (χ4n) is 4.86. The van der Waals surface area contributed by atoms with Crippen molar-refractivity contribution in [2.24, 2.45) is 11.7 Å². The van der Waals surface area contributed by atoms with Crippen molar-refractivity contribution in [1.82, 2.24) is 15.3 Å². The van der Waals surface area contributed by atoms with Gasteiger partial charge in [-0.25, -0.2) is 4.98 Å². The minimum Gasteiger partial charge on any atom is -0.397 e. The predicted octanol–water partition coefficient (Wildman–Crippen LogP) is 3.78. The highest BCUT2D eigenvalue weighted by molar-refractivity contribution is 5.98. The fraction of sp³-hybridized carbons (Fsp3) is 0.429. The van der Waals surface area contributed by atoms with E-state index in [0.717, 1.165) is 55.7 Å². The number of para-hydroxylation sites is 2. The molecule has 1 heterocycles. The molecule has 0 aliphatic heterocycles. The Balaban J connectivity index is 1.38. The van der Waals surface area contributed by atoms with Crippen molar-refractivity contribution >= 4 is 35.0 Å². The first kappa shape index (κ1) is 27.0. The van der Waals surface area contributed by atoms with E-state index in [0.29, 0.717) is 48.2 Å². The molecule has 1 aromatic carbocycles. The molecular weight excluding hydrogens is 480 g/mol. The highest BCUT2D eigenvalue weighted by atomic mass is 16.2. The first-order valence-corrected chi connectivity index (χ1v) is 13.4. The topological polar surface area (TPSA) is 160 Å². The van der Waals surface area contributed by atoms with Crippen molar-refractivity contribution in [3.05, 3.63) is 59.4 Å². The van der Waals surface area contributed by atoms with Gasteiger partial charge in [0.05, 0.1) is 11.4 Å². The van der Waals surface area contributed by atoms with Crippen LogP contribution in [0.4, 0.5) is 23.1 Å². The van der Waals surface area contributed by atoms with Crippen LogP contribution in [0.15, 0.2) is 53.9 Å². The largest absolute Gasteiger partial charge is 0.397 e. The molecule has 2 aromatic rings. The van der Waals surface area contributed by atoms with Crippen molar-refractivity contribution in [2.45, 2.75) is 57.9 Å². The number of hydrogen-bond donors (Lipinski definition) is 6. The van der Waals surface area contributed by atoms with E-state index in [-0.39, 0.29) is 11.9 Å². The summed E-state index contributed by atoms with van der Waals surface area (Å²) in [4.78, 5) is 33.6. The zero-order valence-electron chi connectivity index (χ0n) is 21.9. The number of aromatic nitrogens is 2. The van der Waals surface area contributed by atoms with Gasteiger partial charge in [-0.15, -0.1) is 0 Å². The van der Waals surface area contributed by atoms with Crippen LogP contribution in [0.3, 0.4) is 0 Å². The Kier molecular flexibility index (Phi) is 9.18. The molecule has 10 nitrogen and oxygen atoms in total. The molecule has 0 radical (unpaired) electrons. The van der Waals surface area contributed by atoms with Crippen molar-refractivity contribution < 1.29 is 9.59 Å². The van der Waals surface area contributed by atoms with Gasteiger partial charge in [-0.1, -0.05) is 31.6 Å². The normalized spacial score (nSPS) is 19.1. The van der Waals surface area contributed by atoms with E-state index in [9.17, 15) is 9.59 Å². The molecule has 0 saturated heterocycles. The Bertz CT molecular complexity index is 1210. The summed E-state index contributed by atoms with van der Waals surface area (Å²) in [7, 11) is 0. The molecule has 0 spiro atoms. The van der Waals surface area contributed by atoms with E-state index in [1.165, 1.54) is 0 Å². The average Bonchev–Trinajstić information content (AvgIpc) is 2.92. The molecule has 1 aromatic heterocycles. The number of anilines is 4. The number of nitrogens with zero attached hydrogens (tertiary/aromatic N) is 2. The highest BCUT2D eigenvalue weighted by Gasteiger charge is 2.25. The van der Waals surface area contributed by atoms with Crippen LogP contribution in [0, 0.1) is 5.92 Å². The van der Waals surface area contributed by atoms with Gasteiger partial charge < -0.3 is 32.7 Å². The summed E-state index contributed by atoms with van der Waals surface area (Å²) in [5.41, 5.74) is 15.0. The van der Waals surface area contributed by atoms with Crippen molar-refractivity contribution in [2.75, 3.05) is 34.8 Å². The third kappa shape index (κ3) is 7.24. The van der Waals surface area contributed by atoms with Crippen LogP contribution < -0.4 is 32.7 Å². The first-order chi connectivity index (χ1) is 18.4. The maximum Gasteiger partial charge on any atom is 0.256 e. The summed E-state index contributed by atoms with van der Waals surface area (Å²) in [6.45, 7) is 3.56. The Labute approximate surface area is 223 Å². The summed E-state index contributed by atoms with van der Waals surface area (Å²) in [5, 5.41) is 13.1. The van der Waals surface area contributed by atoms with Crippen molar-refractivity contribution in [1.29, 1.82) is 0 Å². The lowest BCUT2D eigenvalue weighted by Crippen LogP contribution is -2.40. The molecule has 1 fully saturated rings. The van der Waals surface area contributed by atoms with Gasteiger partial charge in [-0.2, -0.15) is 4.98 Å². The SMILES string of the molecule is CCCNc1nc(NC2=CC=C(C(N)=O)CC2)ncc1C(=O)NC1CCCC(CNc2ccccc2N)C1. The first-order valence-electron chi connectivity index (χ1n) is 13.4. The van der Waals surface area contributed by atoms with Gasteiger partial charge in [-0.3, -0.25) is 9.59 Å². The van der Waals surface area contributed by atoms with Crippen LogP contribution in [0.25, 0.3) is 0 Å². The Hall–Kier alpha value is -4.08. The number of nitrogens with one attached hydrogen (secondary N) is 4. The van der Waals surface area contributed by atoms with E-state index < -0.39 is 5.91 Å². The molecule has 2 unspecified atom stereocenters. The minimum absolute atomic E-state index is 0.0895. The predicted molar refractivity (Wildman–Crippen MR) is 152 cm³/mol. The molecule has 38 heavy (non-hydrogen) atoms. The van der Waals surface area contributed by atoms with E-state index in [4.69, 9.17) is 11.5 Å². The Morgan fingerprint density at radius 2 is 1.95 bits per heavy atom. The van der Waals surface area contributed by atoms with Crippen LogP contribution in [-0.4, -0.2) is 40.9 Å². The molecule has 2 atom stereocenters. The Morgan fingerprint density at radius 3 is 2.68 bits per heavy atom. The van der Waals surface area contributed by atoms with Gasteiger partial charge >= 0.3 is 0 Å². The molecule has 202 valence electrons. The highest BCUT2D eigenvalue weighted by Crippen LogP contribution is 2.27. The fourth-order valence-corrected chi connectivity index (χ4v) is 4.86. The van der Waals surface area contributed by atoms with E-state index in [1.54, 1.807) is 12.3 Å². The van der Waals surface area contributed by atoms with Gasteiger partial charge in [0.25, 0.3) is 5.91 Å². The second-order valence-electron chi connectivity index (χ2n) is 9.93. The third-order valence-electron chi connectivity index (χ3n) is 6.97. The van der Waals surface area contributed by atoms with Crippen molar-refractivity contribution in [3.63, 3.8) is 0 Å². The monoisotopic (exact) mass is 518 g/mol. The molecule has 1 saturated carbocycles. The number of nitrogens with two attached hydrogens (primary N) is 2. The molecule has 4 rings (SSSR count). The summed E-state index contributed by atoms with van der Waals surface area (Å²) in [6, 6.07) is 7.86. The second-order valence-corrected chi connectivity index (χ2v) is 9.93. The lowest BCUT2D eigenvalue weighted by Gasteiger charge is -2.30. The molecule has 8 N–H and O–H groups in total. The summed E-state index contributed by atoms with van der Waals surface area (Å²) in [5.74, 6) is 0.764. The van der Waals surface area contributed by atoms with Gasteiger partial charge in [0.1, 0.15) is 11.4 Å². The third-order valence-corrected chi connectivity index (χ3v) is 6.97. The summed E-state index contributed by atoms with van der Waals surface area (Å²) >= 11 is 0. The molecule has 0 bridgehead atoms. The number of primary amides is 1. The van der Waals surface area contributed by atoms with E-state index in [2.05, 4.69) is 38.2 Å². The second kappa shape index (κ2) is 12.9. The summed E-state index contributed by atoms with van der Waals surface area (Å²) in [6.07, 6.45) is 11.2. The number of carbonyl (C=O) groups is 2. The number of hydrogen-bond acceptors (Lipinski definition) is 8. The minimum atomic E-state index is -0.403. The number of allylic oxidation sites excluding steroid dienone is 3. The number of nitrogen functional groups attached to an aromatic ring is 1. The van der Waals surface area contributed by atoms with Crippen LogP contribution in [-0.2, 0) is 4.79 Å². The molecule has 2 amide bonds. The molecular formula is C28H38N8O2. The maximum absolute atomic E-state index is 13.3. The van der Waals surface area contributed by atoms with Gasteiger partial charge in [-0.05, 0) is 62.7 Å². The van der Waals surface area contributed by atoms with Crippen LogP contribution >= 0.6 is 0 Å². The van der Waals surface area contributed by atoms with E-state index in [1.807, 2.05) is 30.3 Å². The standard InChI is InChI=1S/C28H38N8O2/c1-2-14-31-26-22(17-33-28(36-26)35-20-12-10-19(11-13-20)25(30)37)27(38)34-21-7-5-6-18(15-21)16-32-24-9-4-3-8-23(24)29/h3-4,8-10,12,17-18,21,32H,2,5-7,11,13-16,29H2,1H3,(H2,30,37)(H,34,38)(H2,31,33,35,36). The number of rotatable bonds is 11. The van der Waals surface area contributed by atoms with Crippen LogP contribution in [0.2, 0.25) is 0 Å². The zero-order valence-corrected chi connectivity index (χ0v) is 21.9. The number of benzene rings is 1.